The normalized spacial score (nSPS) is 28.6. The summed E-state index contributed by atoms with van der Waals surface area (Å²) in [5.74, 6) is -0.327. The van der Waals surface area contributed by atoms with Crippen molar-refractivity contribution < 1.29 is 19.7 Å². The number of nitrogens with zero attached hydrogens (tertiary/aromatic N) is 2. The summed E-state index contributed by atoms with van der Waals surface area (Å²) in [6, 6.07) is 1.11. The minimum absolute atomic E-state index is 0.327. The average molecular weight is 394 g/mol. The molecule has 2 aliphatic rings. The predicted molar refractivity (Wildman–Crippen MR) is 99.7 cm³/mol. The second-order valence-electron chi connectivity index (χ2n) is 7.04. The van der Waals surface area contributed by atoms with Gasteiger partial charge in [0.2, 0.25) is 5.91 Å². The molecular weight excluding hydrogens is 368 g/mol. The van der Waals surface area contributed by atoms with Gasteiger partial charge in [-0.25, -0.2) is 4.79 Å². The summed E-state index contributed by atoms with van der Waals surface area (Å²) in [6.45, 7) is 3.42. The number of aliphatic hydroxyl groups is 2. The zero-order valence-corrected chi connectivity index (χ0v) is 15.5. The molecule has 0 bridgehead atoms. The molecule has 0 aliphatic carbocycles. The van der Waals surface area contributed by atoms with Crippen molar-refractivity contribution >= 4 is 5.91 Å². The molecule has 0 aromatic carbocycles. The Labute approximate surface area is 161 Å². The number of hydrogen-bond donors (Lipinski definition) is 4. The molecule has 10 nitrogen and oxygen atoms in total. The number of aliphatic hydroxyl groups excluding tert-OH is 2. The molecule has 0 saturated carbocycles. The van der Waals surface area contributed by atoms with Gasteiger partial charge in [0.25, 0.3) is 5.56 Å². The molecule has 0 spiro atoms. The monoisotopic (exact) mass is 394 g/mol. The van der Waals surface area contributed by atoms with E-state index in [-0.39, 0.29) is 5.91 Å². The van der Waals surface area contributed by atoms with Crippen molar-refractivity contribution in [3.05, 3.63) is 45.3 Å². The van der Waals surface area contributed by atoms with Crippen LogP contribution in [0.3, 0.4) is 0 Å². The molecule has 0 radical (unpaired) electrons. The molecular formula is C18H26N4O6. The maximum absolute atomic E-state index is 12.0. The number of H-pyrrole nitrogens is 1. The van der Waals surface area contributed by atoms with Gasteiger partial charge in [-0.2, -0.15) is 0 Å². The molecule has 28 heavy (non-hydrogen) atoms. The molecule has 2 fully saturated rings. The summed E-state index contributed by atoms with van der Waals surface area (Å²) in [6.07, 6.45) is 2.56. The molecule has 3 heterocycles. The third-order valence-electron chi connectivity index (χ3n) is 5.01. The molecule has 2 saturated heterocycles. The number of carbonyl (C=O) groups is 1. The molecule has 4 N–H and O–H groups in total. The van der Waals surface area contributed by atoms with Crippen LogP contribution in [0, 0.1) is 0 Å². The van der Waals surface area contributed by atoms with Crippen LogP contribution in [0.5, 0.6) is 0 Å². The minimum atomic E-state index is -1.39. The van der Waals surface area contributed by atoms with Crippen LogP contribution in [0.2, 0.25) is 0 Å². The van der Waals surface area contributed by atoms with Gasteiger partial charge in [0.1, 0.15) is 18.3 Å². The fourth-order valence-electron chi connectivity index (χ4n) is 3.46. The Balaban J connectivity index is 1.52. The SMILES string of the molecule is O=C(/C=C/[C@H]1O[C@@H](n2ccc(=O)[nH]c2=O)[C@H](O)[C@@H]1O)NCCN1CCCCC1. The van der Waals surface area contributed by atoms with E-state index >= 15 is 0 Å². The first-order chi connectivity index (χ1) is 13.5. The Kier molecular flexibility index (Phi) is 6.79. The van der Waals surface area contributed by atoms with Crippen LogP contribution in [-0.4, -0.2) is 75.1 Å². The number of likely N-dealkylation sites (tertiary alicyclic amines) is 1. The van der Waals surface area contributed by atoms with Gasteiger partial charge in [0, 0.05) is 31.4 Å². The predicted octanol–water partition coefficient (Wildman–Crippen LogP) is -1.69. The Bertz CT molecular complexity index is 813. The number of nitrogens with one attached hydrogen (secondary N) is 2. The van der Waals surface area contributed by atoms with Gasteiger partial charge in [0.15, 0.2) is 6.23 Å². The van der Waals surface area contributed by atoms with Gasteiger partial charge in [-0.1, -0.05) is 6.42 Å². The van der Waals surface area contributed by atoms with E-state index in [0.29, 0.717) is 6.54 Å². The summed E-state index contributed by atoms with van der Waals surface area (Å²) in [5.41, 5.74) is -1.34. The second-order valence-corrected chi connectivity index (χ2v) is 7.04. The highest BCUT2D eigenvalue weighted by molar-refractivity contribution is 5.87. The van der Waals surface area contributed by atoms with E-state index in [1.807, 2.05) is 0 Å². The van der Waals surface area contributed by atoms with E-state index < -0.39 is 35.8 Å². The Morgan fingerprint density at radius 2 is 2.00 bits per heavy atom. The van der Waals surface area contributed by atoms with Crippen LogP contribution in [0.4, 0.5) is 0 Å². The van der Waals surface area contributed by atoms with Crippen LogP contribution in [0.15, 0.2) is 34.0 Å². The van der Waals surface area contributed by atoms with Gasteiger partial charge >= 0.3 is 5.69 Å². The highest BCUT2D eigenvalue weighted by atomic mass is 16.6. The maximum atomic E-state index is 12.0. The van der Waals surface area contributed by atoms with Crippen LogP contribution >= 0.6 is 0 Å². The molecule has 1 amide bonds. The van der Waals surface area contributed by atoms with E-state index in [1.165, 1.54) is 37.6 Å². The van der Waals surface area contributed by atoms with E-state index in [0.717, 1.165) is 30.3 Å². The van der Waals surface area contributed by atoms with E-state index in [9.17, 15) is 24.6 Å². The highest BCUT2D eigenvalue weighted by Crippen LogP contribution is 2.28. The van der Waals surface area contributed by atoms with Crippen molar-refractivity contribution in [2.24, 2.45) is 0 Å². The fraction of sp³-hybridized carbons (Fsp3) is 0.611. The third-order valence-corrected chi connectivity index (χ3v) is 5.01. The first-order valence-corrected chi connectivity index (χ1v) is 9.47. The van der Waals surface area contributed by atoms with E-state index in [1.54, 1.807) is 0 Å². The fourth-order valence-corrected chi connectivity index (χ4v) is 3.46. The molecule has 1 aromatic rings. The summed E-state index contributed by atoms with van der Waals surface area (Å²) < 4.78 is 6.50. The molecule has 2 aliphatic heterocycles. The molecule has 3 rings (SSSR count). The Morgan fingerprint density at radius 1 is 1.25 bits per heavy atom. The van der Waals surface area contributed by atoms with Crippen molar-refractivity contribution in [2.45, 2.75) is 43.8 Å². The number of aromatic amines is 1. The van der Waals surface area contributed by atoms with Gasteiger partial charge in [0.05, 0.1) is 0 Å². The Morgan fingerprint density at radius 3 is 2.71 bits per heavy atom. The van der Waals surface area contributed by atoms with Crippen LogP contribution in [0.25, 0.3) is 0 Å². The lowest BCUT2D eigenvalue weighted by molar-refractivity contribution is -0.116. The molecule has 0 unspecified atom stereocenters. The molecule has 10 heteroatoms. The van der Waals surface area contributed by atoms with Crippen LogP contribution in [0.1, 0.15) is 25.5 Å². The number of rotatable bonds is 6. The summed E-state index contributed by atoms with van der Waals surface area (Å²) in [4.78, 5) is 39.3. The average Bonchev–Trinajstić information content (AvgIpc) is 2.96. The van der Waals surface area contributed by atoms with Crippen molar-refractivity contribution in [2.75, 3.05) is 26.2 Å². The lowest BCUT2D eigenvalue weighted by Crippen LogP contribution is -2.37. The summed E-state index contributed by atoms with van der Waals surface area (Å²) >= 11 is 0. The Hall–Kier alpha value is -2.27. The molecule has 4 atom stereocenters. The highest BCUT2D eigenvalue weighted by Gasteiger charge is 2.42. The van der Waals surface area contributed by atoms with Gasteiger partial charge in [-0.15, -0.1) is 0 Å². The largest absolute Gasteiger partial charge is 0.387 e. The third kappa shape index (κ3) is 4.96. The lowest BCUT2D eigenvalue weighted by atomic mass is 10.1. The number of hydrogen-bond acceptors (Lipinski definition) is 7. The van der Waals surface area contributed by atoms with Gasteiger partial charge in [-0.3, -0.25) is 19.1 Å². The zero-order chi connectivity index (χ0) is 20.1. The number of carbonyl (C=O) groups excluding carboxylic acids is 1. The van der Waals surface area contributed by atoms with Gasteiger partial charge in [-0.05, 0) is 32.0 Å². The smallest absolute Gasteiger partial charge is 0.330 e. The molecule has 1 aromatic heterocycles. The number of aromatic nitrogens is 2. The first kappa shape index (κ1) is 20.5. The quantitative estimate of drug-likeness (QED) is 0.423. The van der Waals surface area contributed by atoms with Crippen molar-refractivity contribution in [1.82, 2.24) is 19.8 Å². The van der Waals surface area contributed by atoms with Crippen LogP contribution in [-0.2, 0) is 9.53 Å². The standard InChI is InChI=1S/C18H26N4O6/c23-13(19-7-11-21-8-2-1-3-9-21)5-4-12-15(25)16(26)17(28-12)22-10-6-14(24)20-18(22)27/h4-6,10,12,15-17,25-26H,1-3,7-9,11H2,(H,19,23)(H,20,24,27)/b5-4+/t12-,15-,16-,17-/m1/s1. The second kappa shape index (κ2) is 9.28. The summed E-state index contributed by atoms with van der Waals surface area (Å²) in [7, 11) is 0. The van der Waals surface area contributed by atoms with Crippen LogP contribution < -0.4 is 16.6 Å². The number of amides is 1. The van der Waals surface area contributed by atoms with Crippen molar-refractivity contribution in [3.63, 3.8) is 0 Å². The molecule has 154 valence electrons. The lowest BCUT2D eigenvalue weighted by Gasteiger charge is -2.26. The van der Waals surface area contributed by atoms with Gasteiger partial charge < -0.3 is 25.2 Å². The van der Waals surface area contributed by atoms with E-state index in [4.69, 9.17) is 4.74 Å². The number of piperidine rings is 1. The minimum Gasteiger partial charge on any atom is -0.387 e. The maximum Gasteiger partial charge on any atom is 0.330 e. The van der Waals surface area contributed by atoms with Crippen molar-refractivity contribution in [3.8, 4) is 0 Å². The van der Waals surface area contributed by atoms with Crippen molar-refractivity contribution in [1.29, 1.82) is 0 Å². The first-order valence-electron chi connectivity index (χ1n) is 9.47. The zero-order valence-electron chi connectivity index (χ0n) is 15.5. The number of ether oxygens (including phenoxy) is 1. The summed E-state index contributed by atoms with van der Waals surface area (Å²) in [5, 5.41) is 23.1. The topological polar surface area (TPSA) is 137 Å². The van der Waals surface area contributed by atoms with E-state index in [2.05, 4.69) is 15.2 Å².